The predicted octanol–water partition coefficient (Wildman–Crippen LogP) is 5.36. The van der Waals surface area contributed by atoms with E-state index >= 15 is 0 Å². The Labute approximate surface area is 215 Å². The highest BCUT2D eigenvalue weighted by atomic mass is 35.5. The van der Waals surface area contributed by atoms with Crippen molar-refractivity contribution in [2.75, 3.05) is 23.7 Å². The largest absolute Gasteiger partial charge is 0.387 e. The van der Waals surface area contributed by atoms with Crippen molar-refractivity contribution in [2.24, 2.45) is 0 Å². The highest BCUT2D eigenvalue weighted by molar-refractivity contribution is 7.13. The summed E-state index contributed by atoms with van der Waals surface area (Å²) in [5.41, 5.74) is 4.54. The minimum Gasteiger partial charge on any atom is -0.387 e. The second-order valence-electron chi connectivity index (χ2n) is 7.94. The van der Waals surface area contributed by atoms with E-state index in [-0.39, 0.29) is 24.7 Å². The van der Waals surface area contributed by atoms with Gasteiger partial charge >= 0.3 is 0 Å². The summed E-state index contributed by atoms with van der Waals surface area (Å²) in [4.78, 5) is 16.9. The molecule has 4 N–H and O–H groups in total. The molecular formula is C27H29ClN4O2S. The number of nitrogens with zero attached hydrogens (tertiary/aromatic N) is 1. The van der Waals surface area contributed by atoms with Crippen molar-refractivity contribution >= 4 is 46.2 Å². The van der Waals surface area contributed by atoms with Crippen molar-refractivity contribution in [1.29, 1.82) is 0 Å². The van der Waals surface area contributed by atoms with Gasteiger partial charge in [0.05, 0.1) is 18.2 Å². The lowest BCUT2D eigenvalue weighted by Crippen LogP contribution is -2.23. The number of carbonyl (C=O) groups excluding carboxylic acids is 1. The van der Waals surface area contributed by atoms with Gasteiger partial charge in [-0.2, -0.15) is 0 Å². The van der Waals surface area contributed by atoms with E-state index in [1.54, 1.807) is 0 Å². The normalized spacial score (nSPS) is 11.3. The number of nitrogens with one attached hydrogen (secondary N) is 3. The van der Waals surface area contributed by atoms with E-state index in [0.29, 0.717) is 6.54 Å². The molecule has 1 aromatic heterocycles. The van der Waals surface area contributed by atoms with Gasteiger partial charge in [-0.1, -0.05) is 60.7 Å². The molecular weight excluding hydrogens is 480 g/mol. The first-order chi connectivity index (χ1) is 16.7. The lowest BCUT2D eigenvalue weighted by atomic mass is 10.1. The monoisotopic (exact) mass is 508 g/mol. The number of amides is 1. The summed E-state index contributed by atoms with van der Waals surface area (Å²) in [6.45, 7) is 1.27. The highest BCUT2D eigenvalue weighted by Gasteiger charge is 2.09. The van der Waals surface area contributed by atoms with Crippen molar-refractivity contribution in [2.45, 2.75) is 18.9 Å². The van der Waals surface area contributed by atoms with Gasteiger partial charge in [0.2, 0.25) is 5.91 Å². The van der Waals surface area contributed by atoms with Gasteiger partial charge in [0.15, 0.2) is 5.13 Å². The van der Waals surface area contributed by atoms with Crippen LogP contribution in [0.2, 0.25) is 0 Å². The van der Waals surface area contributed by atoms with Crippen LogP contribution in [0, 0.1) is 0 Å². The smallest absolute Gasteiger partial charge is 0.230 e. The fourth-order valence-corrected chi connectivity index (χ4v) is 4.21. The Balaban J connectivity index is 0.00000342. The summed E-state index contributed by atoms with van der Waals surface area (Å²) < 4.78 is 0. The van der Waals surface area contributed by atoms with Crippen LogP contribution in [0.25, 0.3) is 0 Å². The number of carbonyl (C=O) groups is 1. The predicted molar refractivity (Wildman–Crippen MR) is 146 cm³/mol. The van der Waals surface area contributed by atoms with Crippen molar-refractivity contribution in [3.63, 3.8) is 0 Å². The van der Waals surface area contributed by atoms with Gasteiger partial charge in [0, 0.05) is 23.3 Å². The summed E-state index contributed by atoms with van der Waals surface area (Å²) in [5, 5.41) is 22.3. The molecule has 4 aromatic rings. The zero-order valence-electron chi connectivity index (χ0n) is 19.2. The molecule has 0 radical (unpaired) electrons. The molecule has 0 bridgehead atoms. The van der Waals surface area contributed by atoms with Gasteiger partial charge in [-0.3, -0.25) is 4.79 Å². The second kappa shape index (κ2) is 13.6. The second-order valence-corrected chi connectivity index (χ2v) is 8.80. The number of halogens is 1. The van der Waals surface area contributed by atoms with E-state index in [1.807, 2.05) is 90.3 Å². The van der Waals surface area contributed by atoms with Crippen LogP contribution in [-0.2, 0) is 17.6 Å². The standard InChI is InChI=1S/C27H28N4O2S.ClH/c32-25(21-7-3-1-4-8-21)18-28-16-15-20-11-13-23(14-12-20)29-26(33)17-24-19-34-27(31-24)30-22-9-5-2-6-10-22;/h1-14,19,25,28,32H,15-18H2,(H,29,33)(H,30,31);1H/t25-;/m0./s1. The number of hydrogen-bond donors (Lipinski definition) is 4. The Morgan fingerprint density at radius 2 is 1.60 bits per heavy atom. The van der Waals surface area contributed by atoms with Crippen LogP contribution in [0.5, 0.6) is 0 Å². The number of thiazole rings is 1. The summed E-state index contributed by atoms with van der Waals surface area (Å²) in [6.07, 6.45) is 0.551. The van der Waals surface area contributed by atoms with Gasteiger partial charge in [0.25, 0.3) is 0 Å². The summed E-state index contributed by atoms with van der Waals surface area (Å²) in [6, 6.07) is 27.3. The molecule has 1 atom stereocenters. The molecule has 3 aromatic carbocycles. The molecule has 0 fully saturated rings. The van der Waals surface area contributed by atoms with Crippen LogP contribution >= 0.6 is 23.7 Å². The molecule has 182 valence electrons. The third kappa shape index (κ3) is 8.49. The highest BCUT2D eigenvalue weighted by Crippen LogP contribution is 2.21. The van der Waals surface area contributed by atoms with E-state index in [2.05, 4.69) is 20.9 Å². The first-order valence-corrected chi connectivity index (χ1v) is 12.1. The number of rotatable bonds is 11. The van der Waals surface area contributed by atoms with Gasteiger partial charge in [-0.05, 0) is 48.4 Å². The average Bonchev–Trinajstić information content (AvgIpc) is 3.30. The Kier molecular flexibility index (Phi) is 10.3. The Morgan fingerprint density at radius 1 is 0.914 bits per heavy atom. The minimum atomic E-state index is -0.512. The molecule has 1 amide bonds. The summed E-state index contributed by atoms with van der Waals surface area (Å²) >= 11 is 1.48. The Morgan fingerprint density at radius 3 is 2.31 bits per heavy atom. The van der Waals surface area contributed by atoms with E-state index in [1.165, 1.54) is 11.3 Å². The van der Waals surface area contributed by atoms with Crippen LogP contribution in [0.4, 0.5) is 16.5 Å². The maximum absolute atomic E-state index is 12.4. The first-order valence-electron chi connectivity index (χ1n) is 11.2. The lowest BCUT2D eigenvalue weighted by Gasteiger charge is -2.12. The molecule has 0 aliphatic rings. The van der Waals surface area contributed by atoms with E-state index in [4.69, 9.17) is 0 Å². The molecule has 0 saturated heterocycles. The topological polar surface area (TPSA) is 86.3 Å². The maximum atomic E-state index is 12.4. The fraction of sp³-hybridized carbons (Fsp3) is 0.185. The number of aliphatic hydroxyl groups is 1. The molecule has 0 aliphatic carbocycles. The average molecular weight is 509 g/mol. The molecule has 0 saturated carbocycles. The van der Waals surface area contributed by atoms with Gasteiger partial charge in [-0.25, -0.2) is 4.98 Å². The van der Waals surface area contributed by atoms with Gasteiger partial charge in [0.1, 0.15) is 0 Å². The van der Waals surface area contributed by atoms with E-state index in [0.717, 1.165) is 46.3 Å². The SMILES string of the molecule is Cl.O=C(Cc1csc(Nc2ccccc2)n1)Nc1ccc(CCNC[C@H](O)c2ccccc2)cc1. The summed E-state index contributed by atoms with van der Waals surface area (Å²) in [5.74, 6) is -0.0964. The van der Waals surface area contributed by atoms with Crippen LogP contribution in [0.1, 0.15) is 22.9 Å². The molecule has 0 unspecified atom stereocenters. The van der Waals surface area contributed by atoms with Crippen LogP contribution in [0.15, 0.2) is 90.3 Å². The minimum absolute atomic E-state index is 0. The molecule has 1 heterocycles. The molecule has 35 heavy (non-hydrogen) atoms. The fourth-order valence-electron chi connectivity index (χ4n) is 3.48. The van der Waals surface area contributed by atoms with Crippen LogP contribution in [0.3, 0.4) is 0 Å². The number of anilines is 3. The number of benzene rings is 3. The zero-order valence-corrected chi connectivity index (χ0v) is 20.8. The third-order valence-electron chi connectivity index (χ3n) is 5.27. The first kappa shape index (κ1) is 26.4. The van der Waals surface area contributed by atoms with Crippen LogP contribution in [-0.4, -0.2) is 29.1 Å². The van der Waals surface area contributed by atoms with Crippen molar-refractivity contribution in [1.82, 2.24) is 10.3 Å². The van der Waals surface area contributed by atoms with Crippen molar-refractivity contribution < 1.29 is 9.90 Å². The number of hydrogen-bond acceptors (Lipinski definition) is 6. The third-order valence-corrected chi connectivity index (χ3v) is 6.08. The Hall–Kier alpha value is -3.23. The number of aromatic nitrogens is 1. The summed E-state index contributed by atoms with van der Waals surface area (Å²) in [7, 11) is 0. The lowest BCUT2D eigenvalue weighted by molar-refractivity contribution is -0.115. The van der Waals surface area contributed by atoms with Crippen LogP contribution < -0.4 is 16.0 Å². The van der Waals surface area contributed by atoms with Gasteiger partial charge < -0.3 is 21.1 Å². The zero-order chi connectivity index (χ0) is 23.6. The molecule has 0 spiro atoms. The molecule has 4 rings (SSSR count). The maximum Gasteiger partial charge on any atom is 0.230 e. The van der Waals surface area contributed by atoms with E-state index in [9.17, 15) is 9.90 Å². The molecule has 8 heteroatoms. The molecule has 0 aliphatic heterocycles. The van der Waals surface area contributed by atoms with E-state index < -0.39 is 6.10 Å². The molecule has 6 nitrogen and oxygen atoms in total. The number of para-hydroxylation sites is 1. The Bertz CT molecular complexity index is 1170. The quantitative estimate of drug-likeness (QED) is 0.205. The number of aliphatic hydroxyl groups excluding tert-OH is 1. The van der Waals surface area contributed by atoms with Gasteiger partial charge in [-0.15, -0.1) is 23.7 Å². The van der Waals surface area contributed by atoms with Crippen molar-refractivity contribution in [3.05, 3.63) is 107 Å². The van der Waals surface area contributed by atoms with Crippen molar-refractivity contribution in [3.8, 4) is 0 Å².